The number of nitrogens with zero attached hydrogens (tertiary/aromatic N) is 1. The van der Waals surface area contributed by atoms with Gasteiger partial charge >= 0.3 is 0 Å². The number of hydrogen-bond donors (Lipinski definition) is 2. The quantitative estimate of drug-likeness (QED) is 0.811. The van der Waals surface area contributed by atoms with Crippen molar-refractivity contribution in [2.75, 3.05) is 25.4 Å². The van der Waals surface area contributed by atoms with Gasteiger partial charge in [0.15, 0.2) is 0 Å². The molecular formula is C15H25N3O2S. The van der Waals surface area contributed by atoms with Gasteiger partial charge in [-0.2, -0.15) is 0 Å². The SMILES string of the molecule is CCN1CCCC1CNS(=O)(=O)c1c(C)ccc(C)c1N. The van der Waals surface area contributed by atoms with Crippen molar-refractivity contribution in [1.29, 1.82) is 0 Å². The van der Waals surface area contributed by atoms with E-state index in [2.05, 4.69) is 16.5 Å². The third kappa shape index (κ3) is 3.39. The van der Waals surface area contributed by atoms with Crippen LogP contribution in [0.3, 0.4) is 0 Å². The molecule has 1 unspecified atom stereocenters. The summed E-state index contributed by atoms with van der Waals surface area (Å²) in [5, 5.41) is 0. The lowest BCUT2D eigenvalue weighted by molar-refractivity contribution is 0.268. The first-order chi connectivity index (χ1) is 9.86. The fourth-order valence-corrected chi connectivity index (χ4v) is 4.48. The first-order valence-electron chi connectivity index (χ1n) is 7.46. The molecule has 5 nitrogen and oxygen atoms in total. The van der Waals surface area contributed by atoms with Crippen molar-refractivity contribution < 1.29 is 8.42 Å². The fraction of sp³-hybridized carbons (Fsp3) is 0.600. The van der Waals surface area contributed by atoms with Gasteiger partial charge in [-0.1, -0.05) is 19.1 Å². The number of benzene rings is 1. The Bertz CT molecular complexity index is 614. The molecule has 0 saturated carbocycles. The molecule has 0 aliphatic carbocycles. The number of rotatable bonds is 5. The maximum Gasteiger partial charge on any atom is 0.242 e. The van der Waals surface area contributed by atoms with Crippen LogP contribution in [0.1, 0.15) is 30.9 Å². The highest BCUT2D eigenvalue weighted by Crippen LogP contribution is 2.26. The van der Waals surface area contributed by atoms with E-state index >= 15 is 0 Å². The van der Waals surface area contributed by atoms with Gasteiger partial charge in [-0.05, 0) is 50.9 Å². The van der Waals surface area contributed by atoms with E-state index in [4.69, 9.17) is 5.73 Å². The first kappa shape index (κ1) is 16.3. The first-order valence-corrected chi connectivity index (χ1v) is 8.94. The minimum absolute atomic E-state index is 0.226. The predicted octanol–water partition coefficient (Wildman–Crippen LogP) is 1.65. The summed E-state index contributed by atoms with van der Waals surface area (Å²) < 4.78 is 27.9. The zero-order chi connectivity index (χ0) is 15.6. The summed E-state index contributed by atoms with van der Waals surface area (Å²) in [4.78, 5) is 2.54. The summed E-state index contributed by atoms with van der Waals surface area (Å²) in [7, 11) is -3.56. The van der Waals surface area contributed by atoms with Crippen LogP contribution in [0.2, 0.25) is 0 Å². The standard InChI is InChI=1S/C15H25N3O2S/c1-4-18-9-5-6-13(18)10-17-21(19,20)15-12(3)8-7-11(2)14(15)16/h7-8,13,17H,4-6,9-10,16H2,1-3H3. The largest absolute Gasteiger partial charge is 0.397 e. The van der Waals surface area contributed by atoms with Crippen LogP contribution in [0.4, 0.5) is 5.69 Å². The van der Waals surface area contributed by atoms with Crippen LogP contribution in [0, 0.1) is 13.8 Å². The Kier molecular flexibility index (Phi) is 4.91. The molecule has 1 saturated heterocycles. The Labute approximate surface area is 127 Å². The monoisotopic (exact) mass is 311 g/mol. The number of hydrogen-bond acceptors (Lipinski definition) is 4. The minimum atomic E-state index is -3.56. The lowest BCUT2D eigenvalue weighted by Gasteiger charge is -2.23. The zero-order valence-corrected chi connectivity index (χ0v) is 13.8. The molecule has 3 N–H and O–H groups in total. The molecule has 21 heavy (non-hydrogen) atoms. The van der Waals surface area contributed by atoms with Gasteiger partial charge in [0.05, 0.1) is 5.69 Å². The van der Waals surface area contributed by atoms with E-state index < -0.39 is 10.0 Å². The highest BCUT2D eigenvalue weighted by atomic mass is 32.2. The van der Waals surface area contributed by atoms with Crippen molar-refractivity contribution in [1.82, 2.24) is 9.62 Å². The third-order valence-corrected chi connectivity index (χ3v) is 5.92. The number of nitrogens with two attached hydrogens (primary N) is 1. The van der Waals surface area contributed by atoms with E-state index in [0.29, 0.717) is 17.8 Å². The molecule has 1 aliphatic heterocycles. The summed E-state index contributed by atoms with van der Waals surface area (Å²) in [6.45, 7) is 8.16. The Morgan fingerprint density at radius 3 is 2.67 bits per heavy atom. The van der Waals surface area contributed by atoms with Gasteiger partial charge in [0.1, 0.15) is 4.90 Å². The van der Waals surface area contributed by atoms with Gasteiger partial charge in [-0.3, -0.25) is 4.90 Å². The van der Waals surface area contributed by atoms with Crippen molar-refractivity contribution in [3.63, 3.8) is 0 Å². The zero-order valence-electron chi connectivity index (χ0n) is 13.0. The maximum absolute atomic E-state index is 12.6. The molecule has 2 rings (SSSR count). The van der Waals surface area contributed by atoms with E-state index in [1.165, 1.54) is 0 Å². The Hall–Kier alpha value is -1.11. The van der Waals surface area contributed by atoms with Crippen LogP contribution in [0.25, 0.3) is 0 Å². The highest BCUT2D eigenvalue weighted by Gasteiger charge is 2.26. The number of likely N-dealkylation sites (tertiary alicyclic amines) is 1. The van der Waals surface area contributed by atoms with Crippen LogP contribution in [-0.4, -0.2) is 39.0 Å². The highest BCUT2D eigenvalue weighted by molar-refractivity contribution is 7.89. The molecule has 1 aliphatic rings. The molecule has 0 amide bonds. The van der Waals surface area contributed by atoms with Gasteiger partial charge in [-0.15, -0.1) is 0 Å². The smallest absolute Gasteiger partial charge is 0.242 e. The lowest BCUT2D eigenvalue weighted by Crippen LogP contribution is -2.40. The number of nitrogen functional groups attached to an aromatic ring is 1. The average Bonchev–Trinajstić information content (AvgIpc) is 2.88. The Balaban J connectivity index is 2.18. The molecule has 1 fully saturated rings. The summed E-state index contributed by atoms with van der Waals surface area (Å²) in [5.41, 5.74) is 7.80. The number of aryl methyl sites for hydroxylation is 2. The lowest BCUT2D eigenvalue weighted by atomic mass is 10.1. The normalized spacial score (nSPS) is 20.0. The van der Waals surface area contributed by atoms with Crippen molar-refractivity contribution in [3.8, 4) is 0 Å². The second kappa shape index (κ2) is 6.34. The van der Waals surface area contributed by atoms with Crippen molar-refractivity contribution in [2.45, 2.75) is 44.6 Å². The fourth-order valence-electron chi connectivity index (χ4n) is 2.98. The summed E-state index contributed by atoms with van der Waals surface area (Å²) >= 11 is 0. The molecular weight excluding hydrogens is 286 g/mol. The number of anilines is 1. The van der Waals surface area contributed by atoms with Crippen LogP contribution in [-0.2, 0) is 10.0 Å². The van der Waals surface area contributed by atoms with Crippen LogP contribution >= 0.6 is 0 Å². The topological polar surface area (TPSA) is 75.4 Å². The Morgan fingerprint density at radius 1 is 1.33 bits per heavy atom. The molecule has 0 aromatic heterocycles. The molecule has 0 bridgehead atoms. The molecule has 118 valence electrons. The van der Waals surface area contributed by atoms with E-state index in [9.17, 15) is 8.42 Å². The predicted molar refractivity (Wildman–Crippen MR) is 85.8 cm³/mol. The van der Waals surface area contributed by atoms with Gasteiger partial charge < -0.3 is 5.73 Å². The molecule has 0 radical (unpaired) electrons. The summed E-state index contributed by atoms with van der Waals surface area (Å²) in [6.07, 6.45) is 2.17. The second-order valence-electron chi connectivity index (χ2n) is 5.72. The van der Waals surface area contributed by atoms with Crippen LogP contribution in [0.15, 0.2) is 17.0 Å². The molecule has 1 heterocycles. The van der Waals surface area contributed by atoms with E-state index in [0.717, 1.165) is 31.5 Å². The Morgan fingerprint density at radius 2 is 2.00 bits per heavy atom. The van der Waals surface area contributed by atoms with E-state index in [1.54, 1.807) is 13.0 Å². The summed E-state index contributed by atoms with van der Waals surface area (Å²) in [5.74, 6) is 0. The maximum atomic E-state index is 12.6. The van der Waals surface area contributed by atoms with E-state index in [-0.39, 0.29) is 10.9 Å². The minimum Gasteiger partial charge on any atom is -0.397 e. The number of nitrogens with one attached hydrogen (secondary N) is 1. The average molecular weight is 311 g/mol. The van der Waals surface area contributed by atoms with Crippen molar-refractivity contribution >= 4 is 15.7 Å². The van der Waals surface area contributed by atoms with Crippen molar-refractivity contribution in [3.05, 3.63) is 23.3 Å². The van der Waals surface area contributed by atoms with Gasteiger partial charge in [0.2, 0.25) is 10.0 Å². The second-order valence-corrected chi connectivity index (χ2v) is 7.42. The van der Waals surface area contributed by atoms with Gasteiger partial charge in [0, 0.05) is 12.6 Å². The number of sulfonamides is 1. The molecule has 1 atom stereocenters. The van der Waals surface area contributed by atoms with Crippen LogP contribution in [0.5, 0.6) is 0 Å². The third-order valence-electron chi connectivity index (χ3n) is 4.29. The molecule has 0 spiro atoms. The van der Waals surface area contributed by atoms with Crippen LogP contribution < -0.4 is 10.5 Å². The van der Waals surface area contributed by atoms with Crippen molar-refractivity contribution in [2.24, 2.45) is 0 Å². The molecule has 1 aromatic carbocycles. The summed E-state index contributed by atoms with van der Waals surface area (Å²) in [6, 6.07) is 3.93. The van der Waals surface area contributed by atoms with Gasteiger partial charge in [-0.25, -0.2) is 13.1 Å². The molecule has 1 aromatic rings. The van der Waals surface area contributed by atoms with Gasteiger partial charge in [0.25, 0.3) is 0 Å². The number of likely N-dealkylation sites (N-methyl/N-ethyl adjacent to an activating group) is 1. The van der Waals surface area contributed by atoms with E-state index in [1.807, 2.05) is 13.0 Å². The molecule has 6 heteroatoms.